The smallest absolute Gasteiger partial charge is 0.335 e. The van der Waals surface area contributed by atoms with Gasteiger partial charge >= 0.3 is 5.97 Å². The number of carboxylic acid groups (broad SMARTS) is 1. The molecule has 1 atom stereocenters. The average molecular weight is 361 g/mol. The third-order valence-electron chi connectivity index (χ3n) is 4.32. The summed E-state index contributed by atoms with van der Waals surface area (Å²) in [6.07, 6.45) is 5.11. The molecule has 1 aromatic rings. The van der Waals surface area contributed by atoms with Crippen molar-refractivity contribution in [2.45, 2.75) is 39.7 Å². The Hall–Kier alpha value is -2.90. The molecule has 8 nitrogen and oxygen atoms in total. The first-order valence-corrected chi connectivity index (χ1v) is 8.56. The van der Waals surface area contributed by atoms with Crippen molar-refractivity contribution in [2.24, 2.45) is 5.92 Å². The zero-order valence-corrected chi connectivity index (χ0v) is 15.1. The zero-order chi connectivity index (χ0) is 19.4. The van der Waals surface area contributed by atoms with Gasteiger partial charge < -0.3 is 14.9 Å². The molecule has 1 aliphatic heterocycles. The van der Waals surface area contributed by atoms with Gasteiger partial charge in [-0.15, -0.1) is 0 Å². The predicted molar refractivity (Wildman–Crippen MR) is 96.9 cm³/mol. The van der Waals surface area contributed by atoms with Gasteiger partial charge in [-0.05, 0) is 24.5 Å². The first-order valence-electron chi connectivity index (χ1n) is 8.56. The van der Waals surface area contributed by atoms with Gasteiger partial charge in [0.2, 0.25) is 5.91 Å². The minimum Gasteiger partial charge on any atom is -0.478 e. The van der Waals surface area contributed by atoms with Crippen LogP contribution < -0.4 is 4.90 Å². The van der Waals surface area contributed by atoms with Gasteiger partial charge in [-0.2, -0.15) is 0 Å². The third kappa shape index (κ3) is 3.84. The molecule has 0 unspecified atom stereocenters. The number of benzene rings is 1. The summed E-state index contributed by atoms with van der Waals surface area (Å²) in [6.45, 7) is 6.40. The fourth-order valence-corrected chi connectivity index (χ4v) is 2.98. The van der Waals surface area contributed by atoms with Crippen molar-refractivity contribution < 1.29 is 19.6 Å². The molecule has 0 spiro atoms. The highest BCUT2D eigenvalue weighted by Gasteiger charge is 2.36. The maximum Gasteiger partial charge on any atom is 0.335 e. The number of carbonyl (C=O) groups is 2. The van der Waals surface area contributed by atoms with Gasteiger partial charge in [0.25, 0.3) is 5.69 Å². The van der Waals surface area contributed by atoms with Crippen LogP contribution in [0.1, 0.15) is 44.0 Å². The Morgan fingerprint density at radius 3 is 2.58 bits per heavy atom. The summed E-state index contributed by atoms with van der Waals surface area (Å²) in [4.78, 5) is 38.1. The van der Waals surface area contributed by atoms with E-state index in [1.165, 1.54) is 12.1 Å². The molecule has 1 aliphatic rings. The van der Waals surface area contributed by atoms with E-state index < -0.39 is 16.9 Å². The lowest BCUT2D eigenvalue weighted by molar-refractivity contribution is -0.384. The predicted octanol–water partition coefficient (Wildman–Crippen LogP) is 3.24. The van der Waals surface area contributed by atoms with Crippen LogP contribution in [0.3, 0.4) is 0 Å². The van der Waals surface area contributed by atoms with E-state index in [-0.39, 0.29) is 28.8 Å². The maximum atomic E-state index is 12.9. The lowest BCUT2D eigenvalue weighted by Gasteiger charge is -2.38. The molecule has 1 N–H and O–H groups in total. The van der Waals surface area contributed by atoms with E-state index in [1.807, 2.05) is 20.8 Å². The summed E-state index contributed by atoms with van der Waals surface area (Å²) in [7, 11) is 0. The van der Waals surface area contributed by atoms with Crippen LogP contribution in [0.2, 0.25) is 0 Å². The van der Waals surface area contributed by atoms with Crippen LogP contribution in [0.15, 0.2) is 30.6 Å². The first kappa shape index (κ1) is 19.4. The number of anilines is 1. The van der Waals surface area contributed by atoms with Gasteiger partial charge in [0.05, 0.1) is 10.5 Å². The summed E-state index contributed by atoms with van der Waals surface area (Å²) < 4.78 is 0. The van der Waals surface area contributed by atoms with Crippen LogP contribution in [0, 0.1) is 16.0 Å². The molecule has 0 aromatic heterocycles. The summed E-state index contributed by atoms with van der Waals surface area (Å²) in [5.74, 6) is -1.45. The molecule has 1 amide bonds. The van der Waals surface area contributed by atoms with E-state index in [1.54, 1.807) is 22.2 Å². The normalized spacial score (nSPS) is 17.1. The van der Waals surface area contributed by atoms with Gasteiger partial charge in [-0.25, -0.2) is 4.79 Å². The number of nitro benzene ring substituents is 1. The van der Waals surface area contributed by atoms with Crippen LogP contribution in [0.5, 0.6) is 0 Å². The van der Waals surface area contributed by atoms with Crippen LogP contribution in [0.25, 0.3) is 0 Å². The topological polar surface area (TPSA) is 104 Å². The SMILES string of the molecule is CCCCN1C=CN(c2ccc(C(=O)O)cc2[N+](=O)[O-])[C@@H](C(C)C)C1=O. The number of carboxylic acids is 1. The molecule has 0 radical (unpaired) electrons. The van der Waals surface area contributed by atoms with Gasteiger partial charge in [0.15, 0.2) is 0 Å². The van der Waals surface area contributed by atoms with Gasteiger partial charge in [-0.1, -0.05) is 27.2 Å². The fraction of sp³-hybridized carbons (Fsp3) is 0.444. The molecule has 26 heavy (non-hydrogen) atoms. The first-order chi connectivity index (χ1) is 12.3. The third-order valence-corrected chi connectivity index (χ3v) is 4.32. The van der Waals surface area contributed by atoms with Crippen molar-refractivity contribution in [1.82, 2.24) is 4.90 Å². The second-order valence-electron chi connectivity index (χ2n) is 6.55. The Morgan fingerprint density at radius 1 is 1.35 bits per heavy atom. The van der Waals surface area contributed by atoms with E-state index in [0.717, 1.165) is 18.9 Å². The van der Waals surface area contributed by atoms with E-state index >= 15 is 0 Å². The van der Waals surface area contributed by atoms with E-state index in [9.17, 15) is 19.7 Å². The molecular weight excluding hydrogens is 338 g/mol. The molecule has 0 aliphatic carbocycles. The van der Waals surface area contributed by atoms with Gasteiger partial charge in [0.1, 0.15) is 11.7 Å². The second-order valence-corrected chi connectivity index (χ2v) is 6.55. The molecule has 2 rings (SSSR count). The number of rotatable bonds is 7. The number of aromatic carboxylic acids is 1. The number of nitrogens with zero attached hydrogens (tertiary/aromatic N) is 3. The largest absolute Gasteiger partial charge is 0.478 e. The van der Waals surface area contributed by atoms with Gasteiger partial charge in [-0.3, -0.25) is 14.9 Å². The summed E-state index contributed by atoms with van der Waals surface area (Å²) >= 11 is 0. The minimum absolute atomic E-state index is 0.0877. The summed E-state index contributed by atoms with van der Waals surface area (Å²) in [5, 5.41) is 20.6. The van der Waals surface area contributed by atoms with Crippen molar-refractivity contribution in [2.75, 3.05) is 11.4 Å². The minimum atomic E-state index is -1.24. The van der Waals surface area contributed by atoms with Crippen molar-refractivity contribution in [3.63, 3.8) is 0 Å². The Balaban J connectivity index is 2.50. The zero-order valence-electron chi connectivity index (χ0n) is 15.1. The molecule has 8 heteroatoms. The number of amides is 1. The van der Waals surface area contributed by atoms with Crippen molar-refractivity contribution in [3.8, 4) is 0 Å². The summed E-state index contributed by atoms with van der Waals surface area (Å²) in [5.41, 5.74) is -0.299. The number of carbonyl (C=O) groups excluding carboxylic acids is 1. The molecule has 0 saturated heterocycles. The van der Waals surface area contributed by atoms with E-state index in [2.05, 4.69) is 0 Å². The highest BCUT2D eigenvalue weighted by atomic mass is 16.6. The Kier molecular flexibility index (Phi) is 5.97. The molecule has 1 aromatic carbocycles. The van der Waals surface area contributed by atoms with Crippen LogP contribution >= 0.6 is 0 Å². The van der Waals surface area contributed by atoms with Gasteiger partial charge in [0, 0.05) is 25.0 Å². The Bertz CT molecular complexity index is 744. The summed E-state index contributed by atoms with van der Waals surface area (Å²) in [6, 6.07) is 3.13. The molecule has 0 fully saturated rings. The van der Waals surface area contributed by atoms with Crippen molar-refractivity contribution >= 4 is 23.3 Å². The monoisotopic (exact) mass is 361 g/mol. The standard InChI is InChI=1S/C18H23N3O5/c1-4-5-8-19-9-10-20(16(12(2)3)17(19)22)14-7-6-13(18(23)24)11-15(14)21(25)26/h6-7,9-12,16H,4-5,8H2,1-3H3,(H,23,24)/t16-/m0/s1. The maximum absolute atomic E-state index is 12.9. The number of hydrogen-bond donors (Lipinski definition) is 1. The molecule has 0 saturated carbocycles. The highest BCUT2D eigenvalue weighted by Crippen LogP contribution is 2.34. The lowest BCUT2D eigenvalue weighted by atomic mass is 9.98. The number of hydrogen-bond acceptors (Lipinski definition) is 5. The van der Waals surface area contributed by atoms with Crippen molar-refractivity contribution in [3.05, 3.63) is 46.3 Å². The molecule has 140 valence electrons. The second kappa shape index (κ2) is 7.99. The van der Waals surface area contributed by atoms with Crippen LogP contribution in [-0.4, -0.2) is 39.4 Å². The fourth-order valence-electron chi connectivity index (χ4n) is 2.98. The van der Waals surface area contributed by atoms with Crippen LogP contribution in [-0.2, 0) is 4.79 Å². The Morgan fingerprint density at radius 2 is 2.04 bits per heavy atom. The number of unbranched alkanes of at least 4 members (excludes halogenated alkanes) is 1. The number of nitro groups is 1. The van der Waals surface area contributed by atoms with E-state index in [4.69, 9.17) is 5.11 Å². The van der Waals surface area contributed by atoms with Crippen LogP contribution in [0.4, 0.5) is 11.4 Å². The quantitative estimate of drug-likeness (QED) is 0.590. The van der Waals surface area contributed by atoms with E-state index in [0.29, 0.717) is 6.54 Å². The highest BCUT2D eigenvalue weighted by molar-refractivity contribution is 5.92. The Labute approximate surface area is 151 Å². The molecule has 1 heterocycles. The van der Waals surface area contributed by atoms with Crippen molar-refractivity contribution in [1.29, 1.82) is 0 Å². The lowest BCUT2D eigenvalue weighted by Crippen LogP contribution is -2.51. The average Bonchev–Trinajstić information content (AvgIpc) is 2.59. The molecule has 0 bridgehead atoms. The molecular formula is C18H23N3O5.